The number of rotatable bonds is 9. The zero-order valence-electron chi connectivity index (χ0n) is 14.6. The second-order valence-electron chi connectivity index (χ2n) is 6.97. The molecule has 0 amide bonds. The third-order valence-corrected chi connectivity index (χ3v) is 10.9. The van der Waals surface area contributed by atoms with Crippen molar-refractivity contribution in [1.29, 1.82) is 0 Å². The lowest BCUT2D eigenvalue weighted by Gasteiger charge is -2.33. The van der Waals surface area contributed by atoms with Gasteiger partial charge in [-0.1, -0.05) is 12.1 Å². The van der Waals surface area contributed by atoms with Crippen LogP contribution < -0.4 is 4.74 Å². The molecule has 0 saturated carbocycles. The maximum atomic E-state index is 9.63. The predicted molar refractivity (Wildman–Crippen MR) is 98.8 cm³/mol. The van der Waals surface area contributed by atoms with Gasteiger partial charge in [-0.3, -0.25) is 0 Å². The largest absolute Gasteiger partial charge is 0.504 e. The van der Waals surface area contributed by atoms with Crippen LogP contribution in [0.15, 0.2) is 30.9 Å². The van der Waals surface area contributed by atoms with E-state index >= 15 is 0 Å². The van der Waals surface area contributed by atoms with E-state index < -0.39 is 16.6 Å². The lowest BCUT2D eigenvalue weighted by Crippen LogP contribution is -2.43. The van der Waals surface area contributed by atoms with Crippen LogP contribution >= 0.6 is 0 Å². The summed E-state index contributed by atoms with van der Waals surface area (Å²) in [6.07, 6.45) is 4.07. The van der Waals surface area contributed by atoms with Gasteiger partial charge in [0, 0.05) is 0 Å². The Morgan fingerprint density at radius 1 is 1.18 bits per heavy atom. The van der Waals surface area contributed by atoms with Crippen molar-refractivity contribution in [3.8, 4) is 11.5 Å². The van der Waals surface area contributed by atoms with E-state index in [9.17, 15) is 5.11 Å². The molecule has 5 heteroatoms. The van der Waals surface area contributed by atoms with Crippen molar-refractivity contribution < 1.29 is 14.0 Å². The van der Waals surface area contributed by atoms with Crippen LogP contribution in [0.5, 0.6) is 11.5 Å². The zero-order valence-corrected chi connectivity index (χ0v) is 16.6. The number of ether oxygens (including phenoxy) is 1. The van der Waals surface area contributed by atoms with Crippen LogP contribution in [-0.4, -0.2) is 28.9 Å². The van der Waals surface area contributed by atoms with E-state index in [4.69, 9.17) is 8.85 Å². The molecule has 0 unspecified atom stereocenters. The lowest BCUT2D eigenvalue weighted by atomic mass is 10.1. The van der Waals surface area contributed by atoms with Crippen molar-refractivity contribution in [2.75, 3.05) is 7.11 Å². The Morgan fingerprint density at radius 3 is 2.45 bits per heavy atom. The van der Waals surface area contributed by atoms with E-state index in [-0.39, 0.29) is 5.75 Å². The van der Waals surface area contributed by atoms with Crippen LogP contribution in [0.25, 0.3) is 0 Å². The maximum absolute atomic E-state index is 9.63. The molecule has 0 atom stereocenters. The molecular weight excluding hydrogens is 308 g/mol. The molecule has 1 N–H and O–H groups in total. The van der Waals surface area contributed by atoms with Crippen LogP contribution in [0, 0.1) is 0 Å². The molecule has 22 heavy (non-hydrogen) atoms. The summed E-state index contributed by atoms with van der Waals surface area (Å²) in [5.41, 5.74) is 1.20. The van der Waals surface area contributed by atoms with Gasteiger partial charge < -0.3 is 14.0 Å². The van der Waals surface area contributed by atoms with Gasteiger partial charge in [0.05, 0.1) is 7.11 Å². The van der Waals surface area contributed by atoms with Crippen molar-refractivity contribution >= 4 is 16.6 Å². The number of hydrogen-bond donors (Lipinski definition) is 1. The van der Waals surface area contributed by atoms with E-state index in [0.29, 0.717) is 5.75 Å². The quantitative estimate of drug-likeness (QED) is 0.511. The van der Waals surface area contributed by atoms with Crippen LogP contribution in [0.2, 0.25) is 38.3 Å². The highest BCUT2D eigenvalue weighted by Gasteiger charge is 2.31. The fourth-order valence-corrected chi connectivity index (χ4v) is 11.2. The van der Waals surface area contributed by atoms with E-state index in [1.807, 2.05) is 18.2 Å². The number of benzene rings is 1. The molecule has 124 valence electrons. The first-order valence-corrected chi connectivity index (χ1v) is 14.1. The highest BCUT2D eigenvalue weighted by Crippen LogP contribution is 2.28. The summed E-state index contributed by atoms with van der Waals surface area (Å²) >= 11 is 0. The first-order chi connectivity index (χ1) is 10.2. The Bertz CT molecular complexity index is 499. The van der Waals surface area contributed by atoms with Gasteiger partial charge in [-0.05, 0) is 68.8 Å². The van der Waals surface area contributed by atoms with Crippen molar-refractivity contribution in [3.63, 3.8) is 0 Å². The minimum Gasteiger partial charge on any atom is -0.504 e. The van der Waals surface area contributed by atoms with Gasteiger partial charge in [-0.25, -0.2) is 0 Å². The minimum absolute atomic E-state index is 0.196. The second kappa shape index (κ2) is 7.99. The second-order valence-corrected chi connectivity index (χ2v) is 15.7. The normalized spacial score (nSPS) is 12.2. The molecule has 0 aliphatic rings. The number of hydrogen-bond acceptors (Lipinski definition) is 3. The number of allylic oxidation sites excluding steroid dienone is 1. The van der Waals surface area contributed by atoms with Gasteiger partial charge in [-0.15, -0.1) is 6.58 Å². The third kappa shape index (κ3) is 6.38. The average Bonchev–Trinajstić information content (AvgIpc) is 2.39. The van der Waals surface area contributed by atoms with Crippen molar-refractivity contribution in [1.82, 2.24) is 0 Å². The number of aryl methyl sites for hydroxylation is 1. The van der Waals surface area contributed by atoms with Gasteiger partial charge in [0.1, 0.15) is 0 Å². The SMILES string of the molecule is C=CC[Si](C)(C)O[Si](C)(C)CCCc1ccc(O)c(OC)c1. The Balaban J connectivity index is 2.53. The number of methoxy groups -OCH3 is 1. The van der Waals surface area contributed by atoms with Crippen LogP contribution in [-0.2, 0) is 10.5 Å². The Hall–Kier alpha value is -1.05. The lowest BCUT2D eigenvalue weighted by molar-refractivity contribution is 0.373. The standard InChI is InChI=1S/C17H30O3Si2/c1-7-12-21(3,4)20-22(5,6)13-8-9-15-10-11-16(18)17(14-15)19-2/h7,10-11,14,18H,1,8-9,12-13H2,2-6H3. The Morgan fingerprint density at radius 2 is 1.86 bits per heavy atom. The molecule has 1 aromatic rings. The Kier molecular flexibility index (Phi) is 6.90. The van der Waals surface area contributed by atoms with E-state index in [1.165, 1.54) is 5.56 Å². The Labute approximate surface area is 137 Å². The van der Waals surface area contributed by atoms with Gasteiger partial charge in [0.2, 0.25) is 0 Å². The molecule has 1 rings (SSSR count). The molecular formula is C17H30O3Si2. The molecule has 0 bridgehead atoms. The highest BCUT2D eigenvalue weighted by atomic mass is 28.4. The molecule has 0 aromatic heterocycles. The summed E-state index contributed by atoms with van der Waals surface area (Å²) in [5, 5.41) is 9.63. The van der Waals surface area contributed by atoms with Gasteiger partial charge >= 0.3 is 0 Å². The molecule has 0 spiro atoms. The summed E-state index contributed by atoms with van der Waals surface area (Å²) in [4.78, 5) is 0. The maximum Gasteiger partial charge on any atom is 0.177 e. The molecule has 0 fully saturated rings. The van der Waals surface area contributed by atoms with Crippen LogP contribution in [0.3, 0.4) is 0 Å². The predicted octanol–water partition coefficient (Wildman–Crippen LogP) is 4.95. The fraction of sp³-hybridized carbons (Fsp3) is 0.529. The van der Waals surface area contributed by atoms with Crippen molar-refractivity contribution in [2.24, 2.45) is 0 Å². The molecule has 1 aromatic carbocycles. The van der Waals surface area contributed by atoms with Crippen molar-refractivity contribution in [2.45, 2.75) is 51.1 Å². The van der Waals surface area contributed by atoms with Gasteiger partial charge in [0.15, 0.2) is 28.1 Å². The summed E-state index contributed by atoms with van der Waals surface area (Å²) in [7, 11) is -1.65. The first-order valence-electron chi connectivity index (χ1n) is 7.86. The number of phenols is 1. The molecule has 0 heterocycles. The van der Waals surface area contributed by atoms with Crippen LogP contribution in [0.1, 0.15) is 12.0 Å². The van der Waals surface area contributed by atoms with Gasteiger partial charge in [-0.2, -0.15) is 0 Å². The summed E-state index contributed by atoms with van der Waals surface area (Å²) in [5.74, 6) is 0.742. The molecule has 0 aliphatic heterocycles. The fourth-order valence-electron chi connectivity index (χ4n) is 2.78. The third-order valence-electron chi connectivity index (χ3n) is 3.68. The number of aromatic hydroxyl groups is 1. The van der Waals surface area contributed by atoms with E-state index in [2.05, 4.69) is 32.8 Å². The smallest absolute Gasteiger partial charge is 0.177 e. The number of phenolic OH excluding ortho intramolecular Hbond substituents is 1. The van der Waals surface area contributed by atoms with Gasteiger partial charge in [0.25, 0.3) is 0 Å². The van der Waals surface area contributed by atoms with Crippen molar-refractivity contribution in [3.05, 3.63) is 36.4 Å². The topological polar surface area (TPSA) is 38.7 Å². The highest BCUT2D eigenvalue weighted by molar-refractivity contribution is 6.85. The molecule has 0 radical (unpaired) electrons. The van der Waals surface area contributed by atoms with E-state index in [1.54, 1.807) is 13.2 Å². The zero-order chi connectivity index (χ0) is 16.8. The van der Waals surface area contributed by atoms with Crippen LogP contribution in [0.4, 0.5) is 0 Å². The molecule has 0 saturated heterocycles. The summed E-state index contributed by atoms with van der Waals surface area (Å²) in [6, 6.07) is 7.74. The summed E-state index contributed by atoms with van der Waals surface area (Å²) in [6.45, 7) is 13.0. The minimum atomic E-state index is -1.63. The average molecular weight is 339 g/mol. The molecule has 3 nitrogen and oxygen atoms in total. The summed E-state index contributed by atoms with van der Waals surface area (Å²) < 4.78 is 11.7. The molecule has 0 aliphatic carbocycles. The monoisotopic (exact) mass is 338 g/mol. The first kappa shape index (κ1) is 19.0. The van der Waals surface area contributed by atoms with E-state index in [0.717, 1.165) is 24.9 Å².